The number of pyridine rings is 1. The van der Waals surface area contributed by atoms with Crippen molar-refractivity contribution >= 4 is 29.2 Å². The van der Waals surface area contributed by atoms with Crippen LogP contribution in [0.2, 0.25) is 10.0 Å². The van der Waals surface area contributed by atoms with Gasteiger partial charge in [-0.25, -0.2) is 9.78 Å². The van der Waals surface area contributed by atoms with Gasteiger partial charge in [-0.05, 0) is 12.0 Å². The van der Waals surface area contributed by atoms with Gasteiger partial charge in [-0.15, -0.1) is 0 Å². The van der Waals surface area contributed by atoms with E-state index in [4.69, 9.17) is 32.7 Å². The summed E-state index contributed by atoms with van der Waals surface area (Å²) in [5.41, 5.74) is 0. The second kappa shape index (κ2) is 8.92. The van der Waals surface area contributed by atoms with Crippen molar-refractivity contribution in [2.45, 2.75) is 19.3 Å². The van der Waals surface area contributed by atoms with Gasteiger partial charge in [0.05, 0.1) is 24.8 Å². The fourth-order valence-electron chi connectivity index (χ4n) is 3.14. The molecule has 0 spiro atoms. The van der Waals surface area contributed by atoms with Crippen LogP contribution < -0.4 is 10.1 Å². The molecule has 2 aliphatic rings. The number of urea groups is 1. The van der Waals surface area contributed by atoms with E-state index in [-0.39, 0.29) is 12.6 Å². The third-order valence-corrected chi connectivity index (χ3v) is 5.26. The van der Waals surface area contributed by atoms with Crippen LogP contribution in [0, 0.1) is 11.8 Å². The molecule has 2 fully saturated rings. The maximum absolute atomic E-state index is 12.4. The van der Waals surface area contributed by atoms with Crippen molar-refractivity contribution in [1.29, 1.82) is 0 Å². The Balaban J connectivity index is 1.42. The number of amides is 2. The van der Waals surface area contributed by atoms with Gasteiger partial charge in [0.25, 0.3) is 0 Å². The van der Waals surface area contributed by atoms with E-state index in [9.17, 15) is 4.79 Å². The second-order valence-electron chi connectivity index (χ2n) is 6.49. The molecule has 1 atom stereocenters. The Morgan fingerprint density at radius 2 is 2.24 bits per heavy atom. The quantitative estimate of drug-likeness (QED) is 0.787. The molecule has 1 saturated carbocycles. The third kappa shape index (κ3) is 5.12. The molecular formula is C17H23Cl2N3O3. The van der Waals surface area contributed by atoms with Gasteiger partial charge in [-0.3, -0.25) is 0 Å². The lowest BCUT2D eigenvalue weighted by molar-refractivity contribution is 0.0775. The van der Waals surface area contributed by atoms with E-state index < -0.39 is 0 Å². The standard InChI is InChI=1S/C17H23Cl2N3O3/c18-14-8-15(19)16(21-9-14)25-6-4-20-17(23)22-5-7-24-11-13(10-22)12-2-1-3-12/h8-9,12-13H,1-7,10-11H2,(H,20,23). The molecule has 25 heavy (non-hydrogen) atoms. The van der Waals surface area contributed by atoms with Crippen LogP contribution in [0.3, 0.4) is 0 Å². The van der Waals surface area contributed by atoms with Crippen LogP contribution >= 0.6 is 23.2 Å². The molecular weight excluding hydrogens is 365 g/mol. The molecule has 2 amide bonds. The summed E-state index contributed by atoms with van der Waals surface area (Å²) >= 11 is 11.8. The summed E-state index contributed by atoms with van der Waals surface area (Å²) in [5, 5.41) is 3.69. The molecule has 0 radical (unpaired) electrons. The fraction of sp³-hybridized carbons (Fsp3) is 0.647. The monoisotopic (exact) mass is 387 g/mol. The summed E-state index contributed by atoms with van der Waals surface area (Å²) in [4.78, 5) is 18.3. The number of carbonyl (C=O) groups is 1. The van der Waals surface area contributed by atoms with Gasteiger partial charge in [-0.1, -0.05) is 42.5 Å². The minimum absolute atomic E-state index is 0.0754. The van der Waals surface area contributed by atoms with Gasteiger partial charge in [0.15, 0.2) is 0 Å². The van der Waals surface area contributed by atoms with Crippen molar-refractivity contribution in [3.8, 4) is 5.88 Å². The minimum Gasteiger partial charge on any atom is -0.475 e. The summed E-state index contributed by atoms with van der Waals surface area (Å²) in [6, 6.07) is 1.50. The first-order chi connectivity index (χ1) is 12.1. The molecule has 1 aromatic rings. The number of carbonyl (C=O) groups excluding carboxylic acids is 1. The van der Waals surface area contributed by atoms with E-state index in [2.05, 4.69) is 10.3 Å². The smallest absolute Gasteiger partial charge is 0.317 e. The number of nitrogens with zero attached hydrogens (tertiary/aromatic N) is 2. The van der Waals surface area contributed by atoms with Crippen LogP contribution in [0.15, 0.2) is 12.3 Å². The summed E-state index contributed by atoms with van der Waals surface area (Å²) in [7, 11) is 0. The molecule has 138 valence electrons. The molecule has 3 rings (SSSR count). The maximum atomic E-state index is 12.4. The van der Waals surface area contributed by atoms with Gasteiger partial charge < -0.3 is 19.7 Å². The van der Waals surface area contributed by atoms with Gasteiger partial charge in [0.2, 0.25) is 5.88 Å². The van der Waals surface area contributed by atoms with E-state index >= 15 is 0 Å². The predicted octanol–water partition coefficient (Wildman–Crippen LogP) is 3.23. The average molecular weight is 388 g/mol. The number of nitrogens with one attached hydrogen (secondary N) is 1. The Morgan fingerprint density at radius 3 is 2.96 bits per heavy atom. The Kier molecular flexibility index (Phi) is 6.62. The highest BCUT2D eigenvalue weighted by Gasteiger charge is 2.31. The summed E-state index contributed by atoms with van der Waals surface area (Å²) in [6.07, 6.45) is 5.28. The first-order valence-corrected chi connectivity index (χ1v) is 9.43. The van der Waals surface area contributed by atoms with E-state index in [1.165, 1.54) is 25.5 Å². The maximum Gasteiger partial charge on any atom is 0.317 e. The number of halogens is 2. The van der Waals surface area contributed by atoms with Gasteiger partial charge in [0.1, 0.15) is 11.6 Å². The topological polar surface area (TPSA) is 63.7 Å². The van der Waals surface area contributed by atoms with Gasteiger partial charge in [0, 0.05) is 25.2 Å². The summed E-state index contributed by atoms with van der Waals surface area (Å²) in [6.45, 7) is 3.42. The third-order valence-electron chi connectivity index (χ3n) is 4.79. The molecule has 1 aliphatic carbocycles. The molecule has 8 heteroatoms. The zero-order valence-electron chi connectivity index (χ0n) is 14.0. The zero-order valence-corrected chi connectivity index (χ0v) is 15.6. The first-order valence-electron chi connectivity index (χ1n) is 8.68. The highest BCUT2D eigenvalue weighted by atomic mass is 35.5. The van der Waals surface area contributed by atoms with Crippen LogP contribution in [0.1, 0.15) is 19.3 Å². The van der Waals surface area contributed by atoms with Crippen LogP contribution in [-0.2, 0) is 4.74 Å². The lowest BCUT2D eigenvalue weighted by Crippen LogP contribution is -2.45. The molecule has 1 N–H and O–H groups in total. The lowest BCUT2D eigenvalue weighted by Gasteiger charge is -2.34. The zero-order chi connectivity index (χ0) is 17.6. The average Bonchev–Trinajstić information content (AvgIpc) is 2.77. The van der Waals surface area contributed by atoms with E-state index in [1.54, 1.807) is 6.07 Å². The van der Waals surface area contributed by atoms with Crippen molar-refractivity contribution < 1.29 is 14.3 Å². The predicted molar refractivity (Wildman–Crippen MR) is 96.4 cm³/mol. The normalized spacial score (nSPS) is 21.4. The van der Waals surface area contributed by atoms with Crippen LogP contribution in [0.5, 0.6) is 5.88 Å². The Labute approximate surface area is 157 Å². The van der Waals surface area contributed by atoms with Crippen molar-refractivity contribution in [1.82, 2.24) is 15.2 Å². The van der Waals surface area contributed by atoms with Crippen LogP contribution in [0.25, 0.3) is 0 Å². The van der Waals surface area contributed by atoms with E-state index in [0.717, 1.165) is 13.2 Å². The first kappa shape index (κ1) is 18.5. The Hall–Kier alpha value is -1.24. The van der Waals surface area contributed by atoms with Gasteiger partial charge in [-0.2, -0.15) is 0 Å². The number of aromatic nitrogens is 1. The fourth-order valence-corrected chi connectivity index (χ4v) is 3.58. The van der Waals surface area contributed by atoms with Crippen molar-refractivity contribution in [3.63, 3.8) is 0 Å². The van der Waals surface area contributed by atoms with E-state index in [0.29, 0.717) is 47.5 Å². The molecule has 1 aromatic heterocycles. The largest absolute Gasteiger partial charge is 0.475 e. The molecule has 1 unspecified atom stereocenters. The molecule has 1 aliphatic heterocycles. The molecule has 1 saturated heterocycles. The van der Waals surface area contributed by atoms with Crippen molar-refractivity contribution in [2.24, 2.45) is 11.8 Å². The number of hydrogen-bond donors (Lipinski definition) is 1. The summed E-state index contributed by atoms with van der Waals surface area (Å²) < 4.78 is 11.2. The van der Waals surface area contributed by atoms with E-state index in [1.807, 2.05) is 4.90 Å². The number of hydrogen-bond acceptors (Lipinski definition) is 4. The number of rotatable bonds is 5. The van der Waals surface area contributed by atoms with Crippen molar-refractivity contribution in [3.05, 3.63) is 22.3 Å². The summed E-state index contributed by atoms with van der Waals surface area (Å²) in [5.74, 6) is 1.47. The van der Waals surface area contributed by atoms with Crippen LogP contribution in [0.4, 0.5) is 4.79 Å². The molecule has 0 aromatic carbocycles. The SMILES string of the molecule is O=C(NCCOc1ncc(Cl)cc1Cl)N1CCOCC(C2CCC2)C1. The molecule has 6 nitrogen and oxygen atoms in total. The molecule has 2 heterocycles. The highest BCUT2D eigenvalue weighted by molar-refractivity contribution is 6.35. The minimum atomic E-state index is -0.0754. The van der Waals surface area contributed by atoms with Crippen LogP contribution in [-0.4, -0.2) is 55.4 Å². The lowest BCUT2D eigenvalue weighted by atomic mass is 9.76. The highest BCUT2D eigenvalue weighted by Crippen LogP contribution is 2.34. The Morgan fingerprint density at radius 1 is 1.40 bits per heavy atom. The number of ether oxygens (including phenoxy) is 2. The molecule has 0 bridgehead atoms. The Bertz CT molecular complexity index is 599. The second-order valence-corrected chi connectivity index (χ2v) is 7.34. The van der Waals surface area contributed by atoms with Crippen molar-refractivity contribution in [2.75, 3.05) is 39.5 Å². The van der Waals surface area contributed by atoms with Gasteiger partial charge >= 0.3 is 6.03 Å².